The van der Waals surface area contributed by atoms with Crippen LogP contribution in [-0.4, -0.2) is 37.3 Å². The highest BCUT2D eigenvalue weighted by Gasteiger charge is 2.18. The van der Waals surface area contributed by atoms with Gasteiger partial charge in [0.2, 0.25) is 5.95 Å². The fourth-order valence-electron chi connectivity index (χ4n) is 2.95. The van der Waals surface area contributed by atoms with Gasteiger partial charge in [-0.3, -0.25) is 0 Å². The van der Waals surface area contributed by atoms with Crippen molar-refractivity contribution in [3.8, 4) is 11.5 Å². The summed E-state index contributed by atoms with van der Waals surface area (Å²) in [6.45, 7) is 0.635. The van der Waals surface area contributed by atoms with Gasteiger partial charge in [0.05, 0.1) is 13.2 Å². The predicted octanol–water partition coefficient (Wildman–Crippen LogP) is 3.48. The molecule has 1 saturated carbocycles. The molecule has 1 aliphatic carbocycles. The van der Waals surface area contributed by atoms with Crippen molar-refractivity contribution in [2.45, 2.75) is 38.3 Å². The Balaban J connectivity index is 1.73. The Kier molecular flexibility index (Phi) is 5.58. The molecule has 0 atom stereocenters. The zero-order valence-corrected chi connectivity index (χ0v) is 15.2. The van der Waals surface area contributed by atoms with Crippen molar-refractivity contribution < 1.29 is 9.47 Å². The summed E-state index contributed by atoms with van der Waals surface area (Å²) in [4.78, 5) is 10.6. The zero-order valence-electron chi connectivity index (χ0n) is 15.2. The lowest BCUT2D eigenvalue weighted by atomic mass is 10.1. The van der Waals surface area contributed by atoms with Gasteiger partial charge in [0.1, 0.15) is 17.3 Å². The number of hydrogen-bond acceptors (Lipinski definition) is 6. The Morgan fingerprint density at radius 2 is 2.00 bits per heavy atom. The molecule has 134 valence electrons. The maximum absolute atomic E-state index is 6.24. The summed E-state index contributed by atoms with van der Waals surface area (Å²) in [5.41, 5.74) is 1.10. The van der Waals surface area contributed by atoms with Crippen LogP contribution in [0.2, 0.25) is 0 Å². The van der Waals surface area contributed by atoms with E-state index in [1.54, 1.807) is 13.3 Å². The van der Waals surface area contributed by atoms with Gasteiger partial charge in [-0.15, -0.1) is 0 Å². The van der Waals surface area contributed by atoms with E-state index in [1.165, 1.54) is 12.8 Å². The minimum absolute atomic E-state index is 0.310. The lowest BCUT2D eigenvalue weighted by Gasteiger charge is -2.18. The molecular formula is C19H26N4O2. The number of nitrogens with zero attached hydrogens (tertiary/aromatic N) is 3. The van der Waals surface area contributed by atoms with Crippen molar-refractivity contribution in [3.63, 3.8) is 0 Å². The molecule has 3 rings (SSSR count). The van der Waals surface area contributed by atoms with Crippen molar-refractivity contribution in [2.24, 2.45) is 0 Å². The van der Waals surface area contributed by atoms with E-state index in [9.17, 15) is 0 Å². The molecule has 2 aromatic rings. The highest BCUT2D eigenvalue weighted by atomic mass is 16.5. The maximum Gasteiger partial charge on any atom is 0.226 e. The van der Waals surface area contributed by atoms with E-state index in [1.807, 2.05) is 43.3 Å². The SMILES string of the molecule is COc1ccc(CNc2ccnc(N(C)C)n2)c(OC2CCCC2)c1. The second-order valence-corrected chi connectivity index (χ2v) is 6.49. The number of hydrogen-bond donors (Lipinski definition) is 1. The monoisotopic (exact) mass is 342 g/mol. The van der Waals surface area contributed by atoms with Crippen molar-refractivity contribution >= 4 is 11.8 Å². The van der Waals surface area contributed by atoms with E-state index >= 15 is 0 Å². The predicted molar refractivity (Wildman–Crippen MR) is 99.6 cm³/mol. The minimum atomic E-state index is 0.310. The second kappa shape index (κ2) is 8.05. The molecule has 1 heterocycles. The van der Waals surface area contributed by atoms with Gasteiger partial charge in [-0.1, -0.05) is 0 Å². The number of nitrogens with one attached hydrogen (secondary N) is 1. The van der Waals surface area contributed by atoms with E-state index in [0.717, 1.165) is 35.7 Å². The topological polar surface area (TPSA) is 59.5 Å². The quantitative estimate of drug-likeness (QED) is 0.831. The lowest BCUT2D eigenvalue weighted by molar-refractivity contribution is 0.207. The number of aromatic nitrogens is 2. The van der Waals surface area contributed by atoms with Gasteiger partial charge >= 0.3 is 0 Å². The zero-order chi connectivity index (χ0) is 17.6. The van der Waals surface area contributed by atoms with Gasteiger partial charge < -0.3 is 19.7 Å². The number of rotatable bonds is 7. The molecule has 0 saturated heterocycles. The molecule has 1 aromatic carbocycles. The van der Waals surface area contributed by atoms with Crippen molar-refractivity contribution in [1.82, 2.24) is 9.97 Å². The summed E-state index contributed by atoms with van der Waals surface area (Å²) in [6, 6.07) is 7.85. The first-order valence-corrected chi connectivity index (χ1v) is 8.73. The van der Waals surface area contributed by atoms with Crippen molar-refractivity contribution in [2.75, 3.05) is 31.4 Å². The fourth-order valence-corrected chi connectivity index (χ4v) is 2.95. The molecule has 1 N–H and O–H groups in total. The molecule has 1 aromatic heterocycles. The Labute approximate surface area is 149 Å². The smallest absolute Gasteiger partial charge is 0.226 e. The number of anilines is 2. The number of ether oxygens (including phenoxy) is 2. The largest absolute Gasteiger partial charge is 0.497 e. The first kappa shape index (κ1) is 17.3. The van der Waals surface area contributed by atoms with Crippen LogP contribution in [0.1, 0.15) is 31.2 Å². The summed E-state index contributed by atoms with van der Waals surface area (Å²) in [7, 11) is 5.53. The molecule has 0 radical (unpaired) electrons. The Bertz CT molecular complexity index is 700. The molecule has 0 amide bonds. The molecule has 6 heteroatoms. The molecular weight excluding hydrogens is 316 g/mol. The van der Waals surface area contributed by atoms with Gasteiger partial charge in [0, 0.05) is 38.5 Å². The van der Waals surface area contributed by atoms with Crippen LogP contribution < -0.4 is 19.7 Å². The van der Waals surface area contributed by atoms with Crippen molar-refractivity contribution in [3.05, 3.63) is 36.0 Å². The van der Waals surface area contributed by atoms with Crippen LogP contribution in [0.5, 0.6) is 11.5 Å². The Morgan fingerprint density at radius 3 is 2.72 bits per heavy atom. The average molecular weight is 342 g/mol. The van der Waals surface area contributed by atoms with E-state index in [-0.39, 0.29) is 0 Å². The molecule has 6 nitrogen and oxygen atoms in total. The highest BCUT2D eigenvalue weighted by molar-refractivity contribution is 5.45. The van der Waals surface area contributed by atoms with Gasteiger partial charge in [-0.25, -0.2) is 4.98 Å². The minimum Gasteiger partial charge on any atom is -0.497 e. The summed E-state index contributed by atoms with van der Waals surface area (Å²) < 4.78 is 11.6. The summed E-state index contributed by atoms with van der Waals surface area (Å²) >= 11 is 0. The van der Waals surface area contributed by atoms with E-state index in [2.05, 4.69) is 15.3 Å². The first-order chi connectivity index (χ1) is 12.2. The van der Waals surface area contributed by atoms with Crippen LogP contribution in [-0.2, 0) is 6.54 Å². The van der Waals surface area contributed by atoms with Crippen LogP contribution >= 0.6 is 0 Å². The third-order valence-electron chi connectivity index (χ3n) is 4.37. The van der Waals surface area contributed by atoms with E-state index < -0.39 is 0 Å². The third kappa shape index (κ3) is 4.53. The van der Waals surface area contributed by atoms with Crippen LogP contribution in [0.4, 0.5) is 11.8 Å². The van der Waals surface area contributed by atoms with Crippen LogP contribution in [0.15, 0.2) is 30.5 Å². The second-order valence-electron chi connectivity index (χ2n) is 6.49. The molecule has 0 bridgehead atoms. The standard InChI is InChI=1S/C19H26N4O2/c1-23(2)19-20-11-10-18(22-19)21-13-14-8-9-16(24-3)12-17(14)25-15-6-4-5-7-15/h8-12,15H,4-7,13H2,1-3H3,(H,20,21,22). The molecule has 0 unspecified atom stereocenters. The third-order valence-corrected chi connectivity index (χ3v) is 4.37. The maximum atomic E-state index is 6.24. The van der Waals surface area contributed by atoms with Gasteiger partial charge in [-0.05, 0) is 43.9 Å². The van der Waals surface area contributed by atoms with Gasteiger partial charge in [0.25, 0.3) is 0 Å². The molecule has 0 spiro atoms. The van der Waals surface area contributed by atoms with Crippen molar-refractivity contribution in [1.29, 1.82) is 0 Å². The highest BCUT2D eigenvalue weighted by Crippen LogP contribution is 2.30. The van der Waals surface area contributed by atoms with E-state index in [4.69, 9.17) is 9.47 Å². The van der Waals surface area contributed by atoms with Gasteiger partial charge in [0.15, 0.2) is 0 Å². The van der Waals surface area contributed by atoms with E-state index in [0.29, 0.717) is 18.6 Å². The normalized spacial score (nSPS) is 14.4. The van der Waals surface area contributed by atoms with Gasteiger partial charge in [-0.2, -0.15) is 4.98 Å². The summed E-state index contributed by atoms with van der Waals surface area (Å²) in [5.74, 6) is 3.18. The Morgan fingerprint density at radius 1 is 1.20 bits per heavy atom. The summed E-state index contributed by atoms with van der Waals surface area (Å²) in [5, 5.41) is 3.36. The Hall–Kier alpha value is -2.50. The molecule has 25 heavy (non-hydrogen) atoms. The van der Waals surface area contributed by atoms with Crippen LogP contribution in [0, 0.1) is 0 Å². The molecule has 0 aliphatic heterocycles. The number of benzene rings is 1. The fraction of sp³-hybridized carbons (Fsp3) is 0.474. The van der Waals surface area contributed by atoms with Crippen LogP contribution in [0.25, 0.3) is 0 Å². The first-order valence-electron chi connectivity index (χ1n) is 8.73. The van der Waals surface area contributed by atoms with Crippen LogP contribution in [0.3, 0.4) is 0 Å². The molecule has 1 fully saturated rings. The average Bonchev–Trinajstić information content (AvgIpc) is 3.14. The number of methoxy groups -OCH3 is 1. The lowest BCUT2D eigenvalue weighted by Crippen LogP contribution is -2.15. The molecule has 1 aliphatic rings. The summed E-state index contributed by atoms with van der Waals surface area (Å²) in [6.07, 6.45) is 6.82.